The lowest BCUT2D eigenvalue weighted by Crippen LogP contribution is -2.56. The molecular weight excluding hydrogens is 264 g/mol. The van der Waals surface area contributed by atoms with Crippen molar-refractivity contribution in [1.82, 2.24) is 5.32 Å². The van der Waals surface area contributed by atoms with Crippen molar-refractivity contribution in [2.45, 2.75) is 24.8 Å². The predicted molar refractivity (Wildman–Crippen MR) is 70.8 cm³/mol. The highest BCUT2D eigenvalue weighted by atomic mass is 16.6. The third-order valence-electron chi connectivity index (χ3n) is 3.63. The van der Waals surface area contributed by atoms with E-state index >= 15 is 0 Å². The third kappa shape index (κ3) is 2.57. The summed E-state index contributed by atoms with van der Waals surface area (Å²) in [4.78, 5) is 22.4. The van der Waals surface area contributed by atoms with Gasteiger partial charge < -0.3 is 15.2 Å². The summed E-state index contributed by atoms with van der Waals surface area (Å²) in [5.74, 6) is -0.323. The number of carbonyl (C=O) groups excluding carboxylic acids is 1. The van der Waals surface area contributed by atoms with Gasteiger partial charge in [0.2, 0.25) is 0 Å². The number of carbonyl (C=O) groups is 1. The standard InChI is InChI=1S/C13H16N2O5/c1-20-11-4-3-9(7-10(11)15(18)19)12(17)14-13(8-16)5-2-6-13/h3-4,7,16H,2,5-6,8H2,1H3,(H,14,17). The van der Waals surface area contributed by atoms with Crippen LogP contribution in [0.4, 0.5) is 5.69 Å². The number of amides is 1. The highest BCUT2D eigenvalue weighted by Gasteiger charge is 2.38. The molecule has 0 aromatic heterocycles. The number of benzene rings is 1. The van der Waals surface area contributed by atoms with Gasteiger partial charge in [-0.1, -0.05) is 0 Å². The first-order valence-corrected chi connectivity index (χ1v) is 6.27. The van der Waals surface area contributed by atoms with E-state index in [9.17, 15) is 20.0 Å². The van der Waals surface area contributed by atoms with Gasteiger partial charge in [0.15, 0.2) is 5.75 Å². The monoisotopic (exact) mass is 280 g/mol. The van der Waals surface area contributed by atoms with Gasteiger partial charge in [0, 0.05) is 11.6 Å². The number of methoxy groups -OCH3 is 1. The Bertz CT molecular complexity index is 534. The summed E-state index contributed by atoms with van der Waals surface area (Å²) in [7, 11) is 1.33. The second kappa shape index (κ2) is 5.46. The average molecular weight is 280 g/mol. The minimum absolute atomic E-state index is 0.104. The molecule has 2 N–H and O–H groups in total. The number of nitrogens with one attached hydrogen (secondary N) is 1. The van der Waals surface area contributed by atoms with E-state index in [1.165, 1.54) is 25.3 Å². The molecule has 1 aromatic rings. The zero-order chi connectivity index (χ0) is 14.8. The lowest BCUT2D eigenvalue weighted by Gasteiger charge is -2.40. The zero-order valence-corrected chi connectivity index (χ0v) is 11.1. The molecule has 0 bridgehead atoms. The Hall–Kier alpha value is -2.15. The number of hydrogen-bond acceptors (Lipinski definition) is 5. The smallest absolute Gasteiger partial charge is 0.311 e. The van der Waals surface area contributed by atoms with Crippen LogP contribution in [0.15, 0.2) is 18.2 Å². The highest BCUT2D eigenvalue weighted by Crippen LogP contribution is 2.32. The number of aliphatic hydroxyl groups excluding tert-OH is 1. The van der Waals surface area contributed by atoms with E-state index in [2.05, 4.69) is 5.32 Å². The Morgan fingerprint density at radius 2 is 2.25 bits per heavy atom. The van der Waals surface area contributed by atoms with Crippen LogP contribution in [0.2, 0.25) is 0 Å². The van der Waals surface area contributed by atoms with Crippen LogP contribution in [0.3, 0.4) is 0 Å². The Kier molecular flexibility index (Phi) is 3.89. The molecule has 20 heavy (non-hydrogen) atoms. The van der Waals surface area contributed by atoms with E-state index in [4.69, 9.17) is 4.74 Å². The SMILES string of the molecule is COc1ccc(C(=O)NC2(CO)CCC2)cc1[N+](=O)[O-]. The Labute approximate surface area is 115 Å². The second-order valence-corrected chi connectivity index (χ2v) is 4.89. The molecule has 0 saturated heterocycles. The molecule has 0 atom stereocenters. The molecule has 1 aliphatic rings. The molecule has 1 fully saturated rings. The van der Waals surface area contributed by atoms with Gasteiger partial charge in [-0.15, -0.1) is 0 Å². The normalized spacial score (nSPS) is 16.1. The van der Waals surface area contributed by atoms with E-state index in [-0.39, 0.29) is 23.6 Å². The van der Waals surface area contributed by atoms with Gasteiger partial charge in [-0.25, -0.2) is 0 Å². The van der Waals surface area contributed by atoms with Crippen LogP contribution in [-0.4, -0.2) is 35.2 Å². The van der Waals surface area contributed by atoms with Gasteiger partial charge >= 0.3 is 5.69 Å². The first-order chi connectivity index (χ1) is 9.51. The quantitative estimate of drug-likeness (QED) is 0.624. The maximum atomic E-state index is 12.1. The first kappa shape index (κ1) is 14.3. The summed E-state index contributed by atoms with van der Waals surface area (Å²) in [6, 6.07) is 4.03. The van der Waals surface area contributed by atoms with Gasteiger partial charge in [0.05, 0.1) is 24.2 Å². The van der Waals surface area contributed by atoms with Gasteiger partial charge in [0.25, 0.3) is 5.91 Å². The van der Waals surface area contributed by atoms with Gasteiger partial charge in [-0.2, -0.15) is 0 Å². The van der Waals surface area contributed by atoms with Crippen LogP contribution in [-0.2, 0) is 0 Å². The van der Waals surface area contributed by atoms with Crippen LogP contribution in [0.5, 0.6) is 5.75 Å². The summed E-state index contributed by atoms with van der Waals surface area (Å²) in [6.07, 6.45) is 2.38. The van der Waals surface area contributed by atoms with Crippen molar-refractivity contribution >= 4 is 11.6 Å². The molecule has 0 aliphatic heterocycles. The van der Waals surface area contributed by atoms with Gasteiger partial charge in [-0.05, 0) is 31.4 Å². The molecule has 1 aromatic carbocycles. The minimum atomic E-state index is -0.596. The molecule has 0 unspecified atom stereocenters. The van der Waals surface area contributed by atoms with Crippen LogP contribution >= 0.6 is 0 Å². The summed E-state index contributed by atoms with van der Waals surface area (Å²) in [5, 5.41) is 23.0. The zero-order valence-electron chi connectivity index (χ0n) is 11.1. The lowest BCUT2D eigenvalue weighted by molar-refractivity contribution is -0.385. The highest BCUT2D eigenvalue weighted by molar-refractivity contribution is 5.95. The number of hydrogen-bond donors (Lipinski definition) is 2. The van der Waals surface area contributed by atoms with E-state index in [0.29, 0.717) is 12.8 Å². The maximum absolute atomic E-state index is 12.1. The predicted octanol–water partition coefficient (Wildman–Crippen LogP) is 1.25. The number of nitrogens with zero attached hydrogens (tertiary/aromatic N) is 1. The number of ether oxygens (including phenoxy) is 1. The van der Waals surface area contributed by atoms with Crippen molar-refractivity contribution in [3.8, 4) is 5.75 Å². The van der Waals surface area contributed by atoms with Crippen LogP contribution in [0.25, 0.3) is 0 Å². The Balaban J connectivity index is 2.22. The van der Waals surface area contributed by atoms with Crippen molar-refractivity contribution in [2.75, 3.05) is 13.7 Å². The fraction of sp³-hybridized carbons (Fsp3) is 0.462. The van der Waals surface area contributed by atoms with Gasteiger partial charge in [-0.3, -0.25) is 14.9 Å². The molecule has 0 heterocycles. The van der Waals surface area contributed by atoms with Crippen molar-refractivity contribution in [3.05, 3.63) is 33.9 Å². The Morgan fingerprint density at radius 3 is 2.70 bits per heavy atom. The van der Waals surface area contributed by atoms with Crippen molar-refractivity contribution in [2.24, 2.45) is 0 Å². The Morgan fingerprint density at radius 1 is 1.55 bits per heavy atom. The van der Waals surface area contributed by atoms with E-state index in [0.717, 1.165) is 6.42 Å². The van der Waals surface area contributed by atoms with Crippen molar-refractivity contribution in [1.29, 1.82) is 0 Å². The lowest BCUT2D eigenvalue weighted by atomic mass is 9.77. The molecule has 2 rings (SSSR count). The maximum Gasteiger partial charge on any atom is 0.311 e. The molecule has 0 spiro atoms. The van der Waals surface area contributed by atoms with Crippen molar-refractivity contribution < 1.29 is 19.6 Å². The summed E-state index contributed by atoms with van der Waals surface area (Å²) >= 11 is 0. The van der Waals surface area contributed by atoms with Crippen LogP contribution in [0.1, 0.15) is 29.6 Å². The molecule has 1 amide bonds. The number of rotatable bonds is 5. The summed E-state index contributed by atoms with van der Waals surface area (Å²) < 4.78 is 4.88. The molecular formula is C13H16N2O5. The van der Waals surface area contributed by atoms with Crippen molar-refractivity contribution in [3.63, 3.8) is 0 Å². The fourth-order valence-electron chi connectivity index (χ4n) is 2.21. The van der Waals surface area contributed by atoms with E-state index in [1.54, 1.807) is 0 Å². The van der Waals surface area contributed by atoms with Crippen LogP contribution in [0, 0.1) is 10.1 Å². The molecule has 108 valence electrons. The molecule has 0 radical (unpaired) electrons. The molecule has 7 nitrogen and oxygen atoms in total. The second-order valence-electron chi connectivity index (χ2n) is 4.89. The first-order valence-electron chi connectivity index (χ1n) is 6.27. The molecule has 7 heteroatoms. The fourth-order valence-corrected chi connectivity index (χ4v) is 2.21. The van der Waals surface area contributed by atoms with Gasteiger partial charge in [0.1, 0.15) is 0 Å². The summed E-state index contributed by atoms with van der Waals surface area (Å²) in [6.45, 7) is -0.128. The number of nitro benzene ring substituents is 1. The number of aliphatic hydroxyl groups is 1. The molecule has 1 aliphatic carbocycles. The average Bonchev–Trinajstić information content (AvgIpc) is 2.41. The van der Waals surface area contributed by atoms with E-state index < -0.39 is 16.4 Å². The third-order valence-corrected chi connectivity index (χ3v) is 3.63. The van der Waals surface area contributed by atoms with Crippen LogP contribution < -0.4 is 10.1 Å². The minimum Gasteiger partial charge on any atom is -0.490 e. The largest absolute Gasteiger partial charge is 0.490 e. The number of nitro groups is 1. The summed E-state index contributed by atoms with van der Waals surface area (Å²) in [5.41, 5.74) is -0.657. The van der Waals surface area contributed by atoms with E-state index in [1.807, 2.05) is 0 Å². The topological polar surface area (TPSA) is 102 Å². The molecule has 1 saturated carbocycles.